The number of nitrogens with two attached hydrogens (primary N) is 1. The molecule has 1 aliphatic rings. The number of anilines is 1. The van der Waals surface area contributed by atoms with Gasteiger partial charge in [0.25, 0.3) is 0 Å². The Morgan fingerprint density at radius 1 is 1.59 bits per heavy atom. The number of hydrogen-bond donors (Lipinski definition) is 1. The molecule has 1 amide bonds. The van der Waals surface area contributed by atoms with Crippen LogP contribution in [-0.2, 0) is 9.53 Å². The van der Waals surface area contributed by atoms with Gasteiger partial charge >= 0.3 is 0 Å². The van der Waals surface area contributed by atoms with Crippen LogP contribution in [0.15, 0.2) is 24.4 Å². The number of amides is 1. The fourth-order valence-electron chi connectivity index (χ4n) is 2.32. The lowest BCUT2D eigenvalue weighted by molar-refractivity contribution is -0.123. The number of carbonyl (C=O) groups excluding carboxylic acids is 1. The molecular weight excluding hydrogens is 218 g/mol. The molecule has 2 heterocycles. The van der Waals surface area contributed by atoms with Crippen LogP contribution in [0.2, 0.25) is 0 Å². The molecule has 1 aromatic rings. The molecule has 0 radical (unpaired) electrons. The molecule has 5 heteroatoms. The average molecular weight is 235 g/mol. The molecule has 0 saturated carbocycles. The molecule has 5 nitrogen and oxygen atoms in total. The maximum absolute atomic E-state index is 11.6. The van der Waals surface area contributed by atoms with Crippen LogP contribution in [0.4, 0.5) is 5.82 Å². The van der Waals surface area contributed by atoms with E-state index in [1.54, 1.807) is 13.3 Å². The second-order valence-electron chi connectivity index (χ2n) is 4.14. The summed E-state index contributed by atoms with van der Waals surface area (Å²) in [7, 11) is 1.61. The highest BCUT2D eigenvalue weighted by Crippen LogP contribution is 2.24. The number of piperidine rings is 1. The minimum Gasteiger partial charge on any atom is -0.379 e. The van der Waals surface area contributed by atoms with Gasteiger partial charge in [-0.05, 0) is 25.0 Å². The number of carbonyl (C=O) groups is 1. The van der Waals surface area contributed by atoms with E-state index in [-0.39, 0.29) is 12.0 Å². The molecule has 92 valence electrons. The van der Waals surface area contributed by atoms with E-state index >= 15 is 0 Å². The summed E-state index contributed by atoms with van der Waals surface area (Å²) < 4.78 is 5.35. The molecule has 0 spiro atoms. The summed E-state index contributed by atoms with van der Waals surface area (Å²) in [6, 6.07) is 5.20. The van der Waals surface area contributed by atoms with Gasteiger partial charge in [-0.25, -0.2) is 4.98 Å². The average Bonchev–Trinajstić information content (AvgIpc) is 2.38. The Kier molecular flexibility index (Phi) is 3.58. The van der Waals surface area contributed by atoms with E-state index in [2.05, 4.69) is 4.98 Å². The number of rotatable bonds is 3. The van der Waals surface area contributed by atoms with Crippen molar-refractivity contribution >= 4 is 11.7 Å². The lowest BCUT2D eigenvalue weighted by Gasteiger charge is -2.39. The van der Waals surface area contributed by atoms with Gasteiger partial charge in [-0.3, -0.25) is 4.79 Å². The van der Waals surface area contributed by atoms with Crippen LogP contribution < -0.4 is 10.6 Å². The molecular formula is C12H17N3O2. The molecule has 1 saturated heterocycles. The zero-order valence-electron chi connectivity index (χ0n) is 9.87. The molecule has 1 aliphatic heterocycles. The highest BCUT2D eigenvalue weighted by Gasteiger charge is 2.36. The number of pyridine rings is 1. The number of primary amides is 1. The first kappa shape index (κ1) is 11.9. The molecule has 0 aliphatic carbocycles. The summed E-state index contributed by atoms with van der Waals surface area (Å²) in [5.74, 6) is 0.417. The van der Waals surface area contributed by atoms with Crippen molar-refractivity contribution in [3.05, 3.63) is 24.4 Å². The monoisotopic (exact) mass is 235 g/mol. The SMILES string of the molecule is COC1CCCN(c2ccccn2)C1C(N)=O. The zero-order valence-corrected chi connectivity index (χ0v) is 9.87. The van der Waals surface area contributed by atoms with Crippen molar-refractivity contribution in [2.45, 2.75) is 25.0 Å². The first-order chi connectivity index (χ1) is 8.24. The molecule has 0 bridgehead atoms. The van der Waals surface area contributed by atoms with E-state index in [0.29, 0.717) is 0 Å². The van der Waals surface area contributed by atoms with Crippen LogP contribution in [0.25, 0.3) is 0 Å². The van der Waals surface area contributed by atoms with E-state index in [4.69, 9.17) is 10.5 Å². The van der Waals surface area contributed by atoms with Gasteiger partial charge in [0.05, 0.1) is 6.10 Å². The first-order valence-corrected chi connectivity index (χ1v) is 5.74. The number of methoxy groups -OCH3 is 1. The van der Waals surface area contributed by atoms with Crippen LogP contribution in [0.3, 0.4) is 0 Å². The highest BCUT2D eigenvalue weighted by atomic mass is 16.5. The van der Waals surface area contributed by atoms with Crippen LogP contribution in [-0.4, -0.2) is 36.7 Å². The van der Waals surface area contributed by atoms with Crippen LogP contribution in [0.1, 0.15) is 12.8 Å². The van der Waals surface area contributed by atoms with E-state index in [0.717, 1.165) is 25.2 Å². The van der Waals surface area contributed by atoms with Gasteiger partial charge in [0.2, 0.25) is 5.91 Å². The van der Waals surface area contributed by atoms with Gasteiger partial charge < -0.3 is 15.4 Å². The molecule has 2 N–H and O–H groups in total. The minimum absolute atomic E-state index is 0.150. The van der Waals surface area contributed by atoms with Crippen molar-refractivity contribution in [3.63, 3.8) is 0 Å². The van der Waals surface area contributed by atoms with Crippen LogP contribution in [0, 0.1) is 0 Å². The third-order valence-electron chi connectivity index (χ3n) is 3.11. The normalized spacial score (nSPS) is 24.6. The first-order valence-electron chi connectivity index (χ1n) is 5.74. The number of hydrogen-bond acceptors (Lipinski definition) is 4. The summed E-state index contributed by atoms with van der Waals surface area (Å²) in [6.07, 6.45) is 3.39. The quantitative estimate of drug-likeness (QED) is 0.830. The fraction of sp³-hybridized carbons (Fsp3) is 0.500. The third kappa shape index (κ3) is 2.39. The Hall–Kier alpha value is -1.62. The topological polar surface area (TPSA) is 68.4 Å². The maximum Gasteiger partial charge on any atom is 0.242 e. The van der Waals surface area contributed by atoms with E-state index < -0.39 is 6.04 Å². The van der Waals surface area contributed by atoms with Crippen molar-refractivity contribution in [1.82, 2.24) is 4.98 Å². The largest absolute Gasteiger partial charge is 0.379 e. The summed E-state index contributed by atoms with van der Waals surface area (Å²) in [4.78, 5) is 17.8. The molecule has 0 aromatic carbocycles. The minimum atomic E-state index is -0.427. The van der Waals surface area contributed by atoms with Crippen molar-refractivity contribution in [3.8, 4) is 0 Å². The van der Waals surface area contributed by atoms with E-state index in [1.807, 2.05) is 23.1 Å². The standard InChI is InChI=1S/C12H17N3O2/c1-17-9-5-4-8-15(11(9)12(13)16)10-6-2-3-7-14-10/h2-3,6-7,9,11H,4-5,8H2,1H3,(H2,13,16). The van der Waals surface area contributed by atoms with Crippen molar-refractivity contribution in [1.29, 1.82) is 0 Å². The number of nitrogens with zero attached hydrogens (tertiary/aromatic N) is 2. The predicted molar refractivity (Wildman–Crippen MR) is 64.6 cm³/mol. The lowest BCUT2D eigenvalue weighted by atomic mass is 9.98. The van der Waals surface area contributed by atoms with Gasteiger partial charge in [-0.15, -0.1) is 0 Å². The molecule has 2 unspecified atom stereocenters. The van der Waals surface area contributed by atoms with Crippen molar-refractivity contribution in [2.24, 2.45) is 5.73 Å². The smallest absolute Gasteiger partial charge is 0.242 e. The molecule has 17 heavy (non-hydrogen) atoms. The Morgan fingerprint density at radius 3 is 3.00 bits per heavy atom. The van der Waals surface area contributed by atoms with Crippen LogP contribution >= 0.6 is 0 Å². The third-order valence-corrected chi connectivity index (χ3v) is 3.11. The van der Waals surface area contributed by atoms with E-state index in [9.17, 15) is 4.79 Å². The van der Waals surface area contributed by atoms with Gasteiger partial charge in [0.15, 0.2) is 0 Å². The Morgan fingerprint density at radius 2 is 2.41 bits per heavy atom. The maximum atomic E-state index is 11.6. The van der Waals surface area contributed by atoms with Gasteiger partial charge in [-0.2, -0.15) is 0 Å². The lowest BCUT2D eigenvalue weighted by Crippen LogP contribution is -2.56. The van der Waals surface area contributed by atoms with Gasteiger partial charge in [0.1, 0.15) is 11.9 Å². The summed E-state index contributed by atoms with van der Waals surface area (Å²) in [5.41, 5.74) is 5.47. The van der Waals surface area contributed by atoms with Gasteiger partial charge in [-0.1, -0.05) is 6.07 Å². The molecule has 1 fully saturated rings. The Labute approximate surface area is 101 Å². The summed E-state index contributed by atoms with van der Waals surface area (Å²) in [5, 5.41) is 0. The molecule has 2 atom stereocenters. The van der Waals surface area contributed by atoms with Crippen molar-refractivity contribution in [2.75, 3.05) is 18.6 Å². The second-order valence-corrected chi connectivity index (χ2v) is 4.14. The zero-order chi connectivity index (χ0) is 12.3. The number of aromatic nitrogens is 1. The van der Waals surface area contributed by atoms with Gasteiger partial charge in [0, 0.05) is 19.9 Å². The summed E-state index contributed by atoms with van der Waals surface area (Å²) in [6.45, 7) is 0.782. The highest BCUT2D eigenvalue weighted by molar-refractivity contribution is 5.84. The van der Waals surface area contributed by atoms with Crippen LogP contribution in [0.5, 0.6) is 0 Å². The molecule has 2 rings (SSSR count). The Bertz CT molecular complexity index is 383. The Balaban J connectivity index is 2.28. The molecule has 1 aromatic heterocycles. The second kappa shape index (κ2) is 5.14. The predicted octanol–water partition coefficient (Wildman–Crippen LogP) is 0.551. The van der Waals surface area contributed by atoms with E-state index in [1.165, 1.54) is 0 Å². The van der Waals surface area contributed by atoms with Crippen molar-refractivity contribution < 1.29 is 9.53 Å². The fourth-order valence-corrected chi connectivity index (χ4v) is 2.32. The summed E-state index contributed by atoms with van der Waals surface area (Å²) >= 11 is 0. The number of ether oxygens (including phenoxy) is 1.